The minimum absolute atomic E-state index is 0.0519. The van der Waals surface area contributed by atoms with Crippen molar-refractivity contribution in [3.8, 4) is 0 Å². The minimum Gasteiger partial charge on any atom is -0.477 e. The first-order valence-corrected chi connectivity index (χ1v) is 12.3. The van der Waals surface area contributed by atoms with Crippen molar-refractivity contribution in [1.29, 1.82) is 0 Å². The number of benzene rings is 1. The number of aliphatic carboxylic acids is 1. The van der Waals surface area contributed by atoms with Crippen LogP contribution in [0.15, 0.2) is 28.8 Å². The first-order valence-electron chi connectivity index (χ1n) is 11.5. The number of carboxylic acids is 1. The largest absolute Gasteiger partial charge is 0.477 e. The molecule has 1 aromatic rings. The van der Waals surface area contributed by atoms with Gasteiger partial charge in [-0.2, -0.15) is 0 Å². The van der Waals surface area contributed by atoms with E-state index in [2.05, 4.69) is 0 Å². The van der Waals surface area contributed by atoms with Gasteiger partial charge >= 0.3 is 5.97 Å². The molecule has 0 spiro atoms. The summed E-state index contributed by atoms with van der Waals surface area (Å²) in [7, 11) is 3.30. The van der Waals surface area contributed by atoms with E-state index in [0.717, 1.165) is 12.1 Å². The number of likely N-dealkylation sites (N-methyl/N-ethyl adjacent to an activating group) is 1. The van der Waals surface area contributed by atoms with Crippen molar-refractivity contribution in [3.63, 3.8) is 0 Å². The number of nitrogens with zero attached hydrogens (tertiary/aromatic N) is 3. The van der Waals surface area contributed by atoms with Crippen molar-refractivity contribution in [3.05, 3.63) is 46.0 Å². The molecule has 0 saturated carbocycles. The lowest BCUT2D eigenvalue weighted by atomic mass is 9.79. The molecule has 0 aliphatic carbocycles. The molecule has 11 heteroatoms. The number of carboxylic acid groups (broad SMARTS) is 1. The number of β-lactam (4-membered cyclic amide) rings is 1. The number of aliphatic hydroxyl groups excluding tert-OH is 1. The van der Waals surface area contributed by atoms with Gasteiger partial charge in [-0.1, -0.05) is 13.0 Å². The van der Waals surface area contributed by atoms with Gasteiger partial charge in [-0.05, 0) is 31.0 Å². The highest BCUT2D eigenvalue weighted by atomic mass is 32.2. The third-order valence-corrected chi connectivity index (χ3v) is 8.56. The van der Waals surface area contributed by atoms with Gasteiger partial charge in [-0.3, -0.25) is 14.5 Å². The average molecular weight is 510 g/mol. The van der Waals surface area contributed by atoms with E-state index in [-0.39, 0.29) is 29.3 Å². The molecule has 190 valence electrons. The minimum atomic E-state index is -1.20. The number of carbonyl (C=O) groups excluding carboxylic acids is 2. The monoisotopic (exact) mass is 509 g/mol. The third kappa shape index (κ3) is 4.45. The Morgan fingerprint density at radius 3 is 2.51 bits per heavy atom. The highest BCUT2D eigenvalue weighted by Gasteiger charge is 2.60. The van der Waals surface area contributed by atoms with Gasteiger partial charge in [-0.25, -0.2) is 13.6 Å². The maximum absolute atomic E-state index is 13.8. The Morgan fingerprint density at radius 1 is 1.26 bits per heavy atom. The Labute approximate surface area is 206 Å². The fourth-order valence-electron chi connectivity index (χ4n) is 5.41. The summed E-state index contributed by atoms with van der Waals surface area (Å²) in [6.07, 6.45) is -0.446. The second-order valence-electron chi connectivity index (χ2n) is 9.67. The van der Waals surface area contributed by atoms with Crippen LogP contribution in [0.2, 0.25) is 0 Å². The van der Waals surface area contributed by atoms with Crippen LogP contribution in [0.1, 0.15) is 25.8 Å². The second-order valence-corrected chi connectivity index (χ2v) is 11.0. The van der Waals surface area contributed by atoms with E-state index in [4.69, 9.17) is 0 Å². The van der Waals surface area contributed by atoms with Crippen molar-refractivity contribution in [2.45, 2.75) is 50.3 Å². The zero-order valence-electron chi connectivity index (χ0n) is 19.9. The van der Waals surface area contributed by atoms with E-state index in [0.29, 0.717) is 23.4 Å². The molecule has 0 bridgehead atoms. The predicted octanol–water partition coefficient (Wildman–Crippen LogP) is 1.88. The summed E-state index contributed by atoms with van der Waals surface area (Å²) in [5.41, 5.74) is 0.476. The number of fused-ring (bicyclic) bond motifs is 1. The van der Waals surface area contributed by atoms with E-state index >= 15 is 0 Å². The van der Waals surface area contributed by atoms with Crippen LogP contribution >= 0.6 is 11.8 Å². The van der Waals surface area contributed by atoms with Gasteiger partial charge in [0.05, 0.1) is 24.1 Å². The van der Waals surface area contributed by atoms with Gasteiger partial charge in [0.1, 0.15) is 5.70 Å². The van der Waals surface area contributed by atoms with Crippen LogP contribution in [-0.4, -0.2) is 86.8 Å². The number of carbonyl (C=O) groups is 3. The Kier molecular flexibility index (Phi) is 6.96. The number of amides is 2. The number of aliphatic hydroxyl groups is 1. The van der Waals surface area contributed by atoms with E-state index in [9.17, 15) is 33.4 Å². The summed E-state index contributed by atoms with van der Waals surface area (Å²) in [6.45, 7) is 4.04. The Bertz CT molecular complexity index is 1090. The number of hydrogen-bond donors (Lipinski definition) is 2. The highest BCUT2D eigenvalue weighted by Crippen LogP contribution is 2.52. The molecule has 3 aliphatic rings. The molecule has 3 heterocycles. The average Bonchev–Trinajstić information content (AvgIpc) is 3.27. The lowest BCUT2D eigenvalue weighted by Gasteiger charge is -2.46. The summed E-state index contributed by atoms with van der Waals surface area (Å²) in [4.78, 5) is 42.8. The first kappa shape index (κ1) is 25.6. The molecule has 6 atom stereocenters. The third-order valence-electron chi connectivity index (χ3n) is 7.07. The molecule has 8 nitrogen and oxygen atoms in total. The molecule has 2 amide bonds. The zero-order valence-corrected chi connectivity index (χ0v) is 20.8. The van der Waals surface area contributed by atoms with Crippen molar-refractivity contribution in [2.24, 2.45) is 11.8 Å². The van der Waals surface area contributed by atoms with Gasteiger partial charge in [0.15, 0.2) is 11.6 Å². The molecular formula is C24H29F2N3O5S. The summed E-state index contributed by atoms with van der Waals surface area (Å²) in [5, 5.41) is 19.8. The van der Waals surface area contributed by atoms with E-state index in [1.165, 1.54) is 34.6 Å². The number of likely N-dealkylation sites (tertiary alicyclic amines) is 1. The van der Waals surface area contributed by atoms with Crippen molar-refractivity contribution >= 4 is 29.5 Å². The molecule has 1 aromatic carbocycles. The van der Waals surface area contributed by atoms with Crippen LogP contribution in [0.4, 0.5) is 8.78 Å². The quantitative estimate of drug-likeness (QED) is 0.542. The maximum atomic E-state index is 13.8. The molecule has 3 aliphatic heterocycles. The lowest BCUT2D eigenvalue weighted by molar-refractivity contribution is -0.163. The molecule has 2 N–H and O–H groups in total. The van der Waals surface area contributed by atoms with Crippen molar-refractivity contribution in [1.82, 2.24) is 14.7 Å². The zero-order chi connectivity index (χ0) is 25.8. The maximum Gasteiger partial charge on any atom is 0.353 e. The molecule has 2 fully saturated rings. The number of halogens is 2. The number of hydrogen-bond acceptors (Lipinski definition) is 6. The Morgan fingerprint density at radius 2 is 1.94 bits per heavy atom. The Hall–Kier alpha value is -2.50. The molecule has 0 aromatic heterocycles. The fourth-order valence-corrected chi connectivity index (χ4v) is 6.96. The van der Waals surface area contributed by atoms with Crippen molar-refractivity contribution < 1.29 is 33.4 Å². The normalized spacial score (nSPS) is 29.3. The smallest absolute Gasteiger partial charge is 0.353 e. The van der Waals surface area contributed by atoms with Crippen LogP contribution in [0, 0.1) is 23.5 Å². The van der Waals surface area contributed by atoms with Gasteiger partial charge in [-0.15, -0.1) is 11.8 Å². The number of thioether (sulfide) groups is 1. The molecule has 4 rings (SSSR count). The predicted molar refractivity (Wildman–Crippen MR) is 125 cm³/mol. The van der Waals surface area contributed by atoms with Crippen LogP contribution < -0.4 is 0 Å². The van der Waals surface area contributed by atoms with Gasteiger partial charge in [0.2, 0.25) is 11.8 Å². The van der Waals surface area contributed by atoms with Gasteiger partial charge in [0, 0.05) is 43.3 Å². The molecule has 2 saturated heterocycles. The van der Waals surface area contributed by atoms with Crippen LogP contribution in [0.25, 0.3) is 0 Å². The van der Waals surface area contributed by atoms with Gasteiger partial charge < -0.3 is 20.0 Å². The van der Waals surface area contributed by atoms with Gasteiger partial charge in [0.25, 0.3) is 0 Å². The summed E-state index contributed by atoms with van der Waals surface area (Å²) in [6, 6.07) is 2.73. The standard InChI is InChI=1S/C24H29F2N3O5S/c1-11-19-18(12(2)30)23(32)29(19)20(24(33)34)21(11)35-14-8-17(22(31)27(3)4)28(10-14)9-13-5-6-15(25)16(26)7-13/h5-7,11-12,14,17-19,30H,8-10H2,1-4H3,(H,33,34)/t11-,12-,14+,17+,18-,19-/m1/s1. The summed E-state index contributed by atoms with van der Waals surface area (Å²) < 4.78 is 27.1. The van der Waals surface area contributed by atoms with E-state index < -0.39 is 47.6 Å². The van der Waals surface area contributed by atoms with E-state index in [1.54, 1.807) is 14.1 Å². The SMILES string of the molecule is C[C@@H](O)[C@H]1C(=O)N2C(C(=O)O)=C(S[C@H]3C[C@@H](C(=O)N(C)C)N(Cc4ccc(F)c(F)c4)C3)[C@H](C)[C@H]12. The van der Waals surface area contributed by atoms with Crippen LogP contribution in [-0.2, 0) is 20.9 Å². The molecular weight excluding hydrogens is 480 g/mol. The highest BCUT2D eigenvalue weighted by molar-refractivity contribution is 8.03. The first-order chi connectivity index (χ1) is 16.4. The number of rotatable bonds is 7. The lowest BCUT2D eigenvalue weighted by Crippen LogP contribution is -2.63. The van der Waals surface area contributed by atoms with E-state index in [1.807, 2.05) is 11.8 Å². The van der Waals surface area contributed by atoms with Crippen molar-refractivity contribution in [2.75, 3.05) is 20.6 Å². The fraction of sp³-hybridized carbons (Fsp3) is 0.542. The Balaban J connectivity index is 1.58. The molecule has 35 heavy (non-hydrogen) atoms. The topological polar surface area (TPSA) is 101 Å². The molecule has 0 unspecified atom stereocenters. The molecule has 0 radical (unpaired) electrons. The van der Waals surface area contributed by atoms with Crippen LogP contribution in [0.3, 0.4) is 0 Å². The second kappa shape index (κ2) is 9.51. The summed E-state index contributed by atoms with van der Waals surface area (Å²) in [5.74, 6) is -4.53. The summed E-state index contributed by atoms with van der Waals surface area (Å²) >= 11 is 1.35. The van der Waals surface area contributed by atoms with Crippen LogP contribution in [0.5, 0.6) is 0 Å².